The Bertz CT molecular complexity index is 865. The van der Waals surface area contributed by atoms with Crippen molar-refractivity contribution in [1.29, 1.82) is 0 Å². The molecule has 0 saturated carbocycles. The predicted octanol–water partition coefficient (Wildman–Crippen LogP) is 2.90. The van der Waals surface area contributed by atoms with E-state index in [4.69, 9.17) is 25.8 Å². The number of esters is 1. The van der Waals surface area contributed by atoms with Gasteiger partial charge in [-0.15, -0.1) is 0 Å². The smallest absolute Gasteiger partial charge is 0.328 e. The number of methoxy groups -OCH3 is 2. The zero-order valence-electron chi connectivity index (χ0n) is 15.7. The van der Waals surface area contributed by atoms with Gasteiger partial charge >= 0.3 is 5.97 Å². The van der Waals surface area contributed by atoms with Gasteiger partial charge in [0.05, 0.1) is 19.8 Å². The summed E-state index contributed by atoms with van der Waals surface area (Å²) in [6.07, 6.45) is 0. The largest absolute Gasteiger partial charge is 0.497 e. The molecule has 1 amide bonds. The number of rotatable bonds is 8. The van der Waals surface area contributed by atoms with E-state index in [1.807, 2.05) is 0 Å². The molecule has 0 bridgehead atoms. The van der Waals surface area contributed by atoms with Gasteiger partial charge in [-0.3, -0.25) is 9.59 Å². The summed E-state index contributed by atoms with van der Waals surface area (Å²) in [5.41, 5.74) is 0.608. The maximum absolute atomic E-state index is 12.3. The van der Waals surface area contributed by atoms with Gasteiger partial charge in [-0.2, -0.15) is 0 Å². The van der Waals surface area contributed by atoms with Gasteiger partial charge < -0.3 is 19.5 Å². The molecule has 0 aromatic heterocycles. The molecule has 28 heavy (non-hydrogen) atoms. The van der Waals surface area contributed by atoms with E-state index in [2.05, 4.69) is 5.32 Å². The monoisotopic (exact) mass is 405 g/mol. The fourth-order valence-corrected chi connectivity index (χ4v) is 2.43. The number of carbonyl (C=O) groups excluding carboxylic acids is 3. The molecule has 148 valence electrons. The molecule has 0 heterocycles. The quantitative estimate of drug-likeness (QED) is 0.536. The lowest BCUT2D eigenvalue weighted by molar-refractivity contribution is -0.144. The van der Waals surface area contributed by atoms with Crippen molar-refractivity contribution in [2.45, 2.75) is 13.0 Å². The molecule has 1 N–H and O–H groups in total. The summed E-state index contributed by atoms with van der Waals surface area (Å²) in [5.74, 6) is -0.787. The summed E-state index contributed by atoms with van der Waals surface area (Å²) in [6, 6.07) is 9.97. The second-order valence-electron chi connectivity index (χ2n) is 5.80. The minimum atomic E-state index is -0.936. The number of nitrogens with one attached hydrogen (secondary N) is 1. The predicted molar refractivity (Wildman–Crippen MR) is 103 cm³/mol. The van der Waals surface area contributed by atoms with Crippen molar-refractivity contribution in [2.24, 2.45) is 0 Å². The van der Waals surface area contributed by atoms with Crippen LogP contribution >= 0.6 is 11.6 Å². The highest BCUT2D eigenvalue weighted by atomic mass is 35.5. The van der Waals surface area contributed by atoms with Gasteiger partial charge in [-0.1, -0.05) is 11.6 Å². The number of hydrogen-bond acceptors (Lipinski definition) is 6. The lowest BCUT2D eigenvalue weighted by Gasteiger charge is -2.14. The maximum atomic E-state index is 12.3. The molecule has 0 aliphatic heterocycles. The van der Waals surface area contributed by atoms with E-state index in [0.717, 1.165) is 0 Å². The Hall–Kier alpha value is -3.06. The number of amides is 1. The minimum Gasteiger partial charge on any atom is -0.497 e. The summed E-state index contributed by atoms with van der Waals surface area (Å²) >= 11 is 5.78. The van der Waals surface area contributed by atoms with Crippen molar-refractivity contribution in [3.8, 4) is 11.5 Å². The van der Waals surface area contributed by atoms with Crippen molar-refractivity contribution in [1.82, 2.24) is 5.32 Å². The normalized spacial score (nSPS) is 11.3. The summed E-state index contributed by atoms with van der Waals surface area (Å²) in [5, 5.41) is 3.00. The molecule has 0 aliphatic carbocycles. The first-order chi connectivity index (χ1) is 13.3. The molecule has 0 aliphatic rings. The zero-order chi connectivity index (χ0) is 20.7. The average molecular weight is 406 g/mol. The number of carbonyl (C=O) groups is 3. The van der Waals surface area contributed by atoms with E-state index in [1.165, 1.54) is 39.3 Å². The zero-order valence-corrected chi connectivity index (χ0v) is 16.4. The fraction of sp³-hybridized carbons (Fsp3) is 0.250. The standard InChI is InChI=1S/C20H20ClNO6/c1-12(22-19(24)13-4-6-14(21)7-5-13)20(25)28-11-17(23)16-9-8-15(26-2)10-18(16)27-3/h4-10,12H,11H2,1-3H3,(H,22,24)/t12-/m0/s1. The second-order valence-corrected chi connectivity index (χ2v) is 6.24. The molecule has 0 radical (unpaired) electrons. The van der Waals surface area contributed by atoms with Crippen LogP contribution in [0.25, 0.3) is 0 Å². The van der Waals surface area contributed by atoms with Gasteiger partial charge in [-0.25, -0.2) is 4.79 Å². The summed E-state index contributed by atoms with van der Waals surface area (Å²) < 4.78 is 15.3. The van der Waals surface area contributed by atoms with Gasteiger partial charge in [-0.05, 0) is 43.3 Å². The molecule has 0 unspecified atom stereocenters. The van der Waals surface area contributed by atoms with E-state index < -0.39 is 30.3 Å². The Labute approximate surface area is 167 Å². The molecular formula is C20H20ClNO6. The van der Waals surface area contributed by atoms with Crippen LogP contribution < -0.4 is 14.8 Å². The van der Waals surface area contributed by atoms with Crippen molar-refractivity contribution in [3.63, 3.8) is 0 Å². The number of ether oxygens (including phenoxy) is 3. The molecule has 0 fully saturated rings. The van der Waals surface area contributed by atoms with Crippen LogP contribution in [0.15, 0.2) is 42.5 Å². The Morgan fingerprint density at radius 2 is 1.71 bits per heavy atom. The van der Waals surface area contributed by atoms with Crippen molar-refractivity contribution in [3.05, 3.63) is 58.6 Å². The van der Waals surface area contributed by atoms with Gasteiger partial charge in [0, 0.05) is 16.7 Å². The lowest BCUT2D eigenvalue weighted by atomic mass is 10.1. The second kappa shape index (κ2) is 9.75. The molecule has 0 spiro atoms. The van der Waals surface area contributed by atoms with E-state index in [-0.39, 0.29) is 5.56 Å². The number of benzene rings is 2. The summed E-state index contributed by atoms with van der Waals surface area (Å²) in [7, 11) is 2.92. The molecular weight excluding hydrogens is 386 g/mol. The highest BCUT2D eigenvalue weighted by molar-refractivity contribution is 6.30. The van der Waals surface area contributed by atoms with Crippen LogP contribution in [0.1, 0.15) is 27.6 Å². The number of Topliss-reactive ketones (excluding diaryl/α,β-unsaturated/α-hetero) is 1. The Kier molecular flexibility index (Phi) is 7.40. The van der Waals surface area contributed by atoms with E-state index in [0.29, 0.717) is 22.1 Å². The highest BCUT2D eigenvalue weighted by Gasteiger charge is 2.21. The molecule has 2 rings (SSSR count). The van der Waals surface area contributed by atoms with Crippen LogP contribution in [0.2, 0.25) is 5.02 Å². The van der Waals surface area contributed by atoms with Gasteiger partial charge in [0.25, 0.3) is 5.91 Å². The number of hydrogen-bond donors (Lipinski definition) is 1. The van der Waals surface area contributed by atoms with E-state index in [9.17, 15) is 14.4 Å². The molecule has 8 heteroatoms. The third-order valence-electron chi connectivity index (χ3n) is 3.86. The van der Waals surface area contributed by atoms with E-state index in [1.54, 1.807) is 24.3 Å². The Morgan fingerprint density at radius 1 is 1.04 bits per heavy atom. The molecule has 0 saturated heterocycles. The number of ketones is 1. The SMILES string of the molecule is COc1ccc(C(=O)COC(=O)[C@H](C)NC(=O)c2ccc(Cl)cc2)c(OC)c1. The van der Waals surface area contributed by atoms with E-state index >= 15 is 0 Å². The molecule has 7 nitrogen and oxygen atoms in total. The summed E-state index contributed by atoms with van der Waals surface area (Å²) in [6.45, 7) is 0.983. The molecule has 2 aromatic rings. The maximum Gasteiger partial charge on any atom is 0.328 e. The van der Waals surface area contributed by atoms with Crippen LogP contribution in [0.5, 0.6) is 11.5 Å². The first kappa shape index (κ1) is 21.2. The number of halogens is 1. The first-order valence-electron chi connectivity index (χ1n) is 8.34. The van der Waals surface area contributed by atoms with Gasteiger partial charge in [0.2, 0.25) is 5.78 Å². The van der Waals surface area contributed by atoms with Gasteiger partial charge in [0.1, 0.15) is 17.5 Å². The third-order valence-corrected chi connectivity index (χ3v) is 4.11. The highest BCUT2D eigenvalue weighted by Crippen LogP contribution is 2.25. The van der Waals surface area contributed by atoms with Crippen LogP contribution in [0, 0.1) is 0 Å². The van der Waals surface area contributed by atoms with Crippen LogP contribution in [-0.4, -0.2) is 44.5 Å². The lowest BCUT2D eigenvalue weighted by Crippen LogP contribution is -2.40. The van der Waals surface area contributed by atoms with Crippen LogP contribution in [-0.2, 0) is 9.53 Å². The first-order valence-corrected chi connectivity index (χ1v) is 8.71. The topological polar surface area (TPSA) is 90.9 Å². The van der Waals surface area contributed by atoms with Crippen molar-refractivity contribution in [2.75, 3.05) is 20.8 Å². The summed E-state index contributed by atoms with van der Waals surface area (Å²) in [4.78, 5) is 36.5. The van der Waals surface area contributed by atoms with Crippen molar-refractivity contribution >= 4 is 29.3 Å². The third kappa shape index (κ3) is 5.47. The average Bonchev–Trinajstić information content (AvgIpc) is 2.71. The molecule has 2 aromatic carbocycles. The van der Waals surface area contributed by atoms with Crippen LogP contribution in [0.3, 0.4) is 0 Å². The van der Waals surface area contributed by atoms with Crippen LogP contribution in [0.4, 0.5) is 0 Å². The fourth-order valence-electron chi connectivity index (χ4n) is 2.31. The Morgan fingerprint density at radius 3 is 2.32 bits per heavy atom. The Balaban J connectivity index is 1.93. The van der Waals surface area contributed by atoms with Crippen molar-refractivity contribution < 1.29 is 28.6 Å². The minimum absolute atomic E-state index is 0.258. The van der Waals surface area contributed by atoms with Gasteiger partial charge in [0.15, 0.2) is 6.61 Å². The molecule has 1 atom stereocenters.